The Hall–Kier alpha value is -1.88. The number of aliphatic hydroxyl groups is 2. The molecule has 1 saturated heterocycles. The number of fused-ring (bicyclic) bond motifs is 1. The molecule has 1 saturated carbocycles. The molecule has 3 rings (SSSR count). The molecule has 0 spiro atoms. The first-order chi connectivity index (χ1) is 13.2. The molecule has 5 heteroatoms. The third kappa shape index (κ3) is 2.95. The number of allylic oxidation sites excluding steroid dienone is 5. The third-order valence-electron chi connectivity index (χ3n) is 7.40. The first-order valence-electron chi connectivity index (χ1n) is 10.3. The Labute approximate surface area is 167 Å². The van der Waals surface area contributed by atoms with Crippen LogP contribution in [0.15, 0.2) is 35.1 Å². The van der Waals surface area contributed by atoms with Crippen LogP contribution in [-0.4, -0.2) is 46.5 Å². The summed E-state index contributed by atoms with van der Waals surface area (Å²) in [5.74, 6) is -0.00149. The third-order valence-corrected chi connectivity index (χ3v) is 7.40. The van der Waals surface area contributed by atoms with Crippen LogP contribution in [0.2, 0.25) is 0 Å². The minimum Gasteiger partial charge on any atom is -0.511 e. The van der Waals surface area contributed by atoms with E-state index in [-0.39, 0.29) is 23.2 Å². The fourth-order valence-corrected chi connectivity index (χ4v) is 5.82. The Morgan fingerprint density at radius 3 is 2.61 bits per heavy atom. The molecule has 0 aromatic carbocycles. The fraction of sp³-hybridized carbons (Fsp3) is 0.652. The largest absolute Gasteiger partial charge is 0.511 e. The highest BCUT2D eigenvalue weighted by molar-refractivity contribution is 6.26. The maximum atomic E-state index is 12.9. The van der Waals surface area contributed by atoms with Gasteiger partial charge in [-0.15, -0.1) is 0 Å². The van der Waals surface area contributed by atoms with Gasteiger partial charge in [-0.3, -0.25) is 9.59 Å². The van der Waals surface area contributed by atoms with E-state index in [1.807, 2.05) is 19.9 Å². The van der Waals surface area contributed by atoms with Gasteiger partial charge in [0.25, 0.3) is 5.91 Å². The van der Waals surface area contributed by atoms with Crippen LogP contribution < -0.4 is 0 Å². The fourth-order valence-electron chi connectivity index (χ4n) is 5.82. The zero-order valence-electron chi connectivity index (χ0n) is 17.6. The van der Waals surface area contributed by atoms with E-state index in [2.05, 4.69) is 26.0 Å². The maximum absolute atomic E-state index is 12.9. The number of likely N-dealkylation sites (N-methyl/N-ethyl adjacent to an activating group) is 1. The molecular weight excluding hydrogens is 354 g/mol. The predicted octanol–water partition coefficient (Wildman–Crippen LogP) is 3.41. The summed E-state index contributed by atoms with van der Waals surface area (Å²) >= 11 is 0. The lowest BCUT2D eigenvalue weighted by Gasteiger charge is -2.52. The summed E-state index contributed by atoms with van der Waals surface area (Å²) in [6, 6.07) is -0.907. The van der Waals surface area contributed by atoms with Crippen molar-refractivity contribution in [1.29, 1.82) is 0 Å². The Kier molecular flexibility index (Phi) is 5.59. The number of aliphatic hydroxyl groups excluding tert-OH is 2. The molecular formula is C23H33NO4. The van der Waals surface area contributed by atoms with Gasteiger partial charge in [0.2, 0.25) is 0 Å². The molecule has 1 heterocycles. The van der Waals surface area contributed by atoms with Gasteiger partial charge in [-0.25, -0.2) is 0 Å². The molecule has 2 N–H and O–H groups in total. The van der Waals surface area contributed by atoms with Crippen LogP contribution in [0.1, 0.15) is 47.0 Å². The van der Waals surface area contributed by atoms with Crippen molar-refractivity contribution in [3.05, 3.63) is 35.1 Å². The summed E-state index contributed by atoms with van der Waals surface area (Å²) in [5, 5.41) is 21.0. The van der Waals surface area contributed by atoms with Crippen molar-refractivity contribution in [3.8, 4) is 0 Å². The number of carbonyl (C=O) groups excluding carboxylic acids is 2. The lowest BCUT2D eigenvalue weighted by atomic mass is 9.52. The van der Waals surface area contributed by atoms with Gasteiger partial charge in [0.1, 0.15) is 17.4 Å². The number of hydrogen-bond donors (Lipinski definition) is 2. The topological polar surface area (TPSA) is 77.8 Å². The average molecular weight is 388 g/mol. The zero-order chi connectivity index (χ0) is 20.8. The van der Waals surface area contributed by atoms with E-state index in [1.165, 1.54) is 17.5 Å². The highest BCUT2D eigenvalue weighted by Gasteiger charge is 2.55. The van der Waals surface area contributed by atoms with E-state index in [0.29, 0.717) is 11.8 Å². The second kappa shape index (κ2) is 7.51. The van der Waals surface area contributed by atoms with Gasteiger partial charge in [-0.2, -0.15) is 0 Å². The van der Waals surface area contributed by atoms with Crippen LogP contribution in [0.25, 0.3) is 0 Å². The molecule has 1 amide bonds. The normalized spacial score (nSPS) is 40.7. The number of rotatable bonds is 3. The zero-order valence-corrected chi connectivity index (χ0v) is 17.6. The van der Waals surface area contributed by atoms with E-state index < -0.39 is 29.8 Å². The summed E-state index contributed by atoms with van der Waals surface area (Å²) in [7, 11) is 1.50. The van der Waals surface area contributed by atoms with Crippen molar-refractivity contribution in [2.45, 2.75) is 53.0 Å². The molecule has 2 fully saturated rings. The van der Waals surface area contributed by atoms with Gasteiger partial charge in [0.15, 0.2) is 5.78 Å². The molecule has 3 aliphatic rings. The van der Waals surface area contributed by atoms with Crippen molar-refractivity contribution in [2.24, 2.45) is 29.1 Å². The first kappa shape index (κ1) is 20.8. The lowest BCUT2D eigenvalue weighted by Crippen LogP contribution is -2.46. The molecule has 5 nitrogen and oxygen atoms in total. The molecule has 28 heavy (non-hydrogen) atoms. The number of ketones is 1. The van der Waals surface area contributed by atoms with Crippen LogP contribution >= 0.6 is 0 Å². The second-order valence-corrected chi connectivity index (χ2v) is 9.09. The minimum atomic E-state index is -0.907. The van der Waals surface area contributed by atoms with E-state index in [0.717, 1.165) is 19.3 Å². The highest BCUT2D eigenvalue weighted by atomic mass is 16.3. The molecule has 0 aromatic rings. The van der Waals surface area contributed by atoms with Gasteiger partial charge >= 0.3 is 0 Å². The standard InChI is InChI=1S/C23H33NO4/c1-6-7-16-14(3)11-15-10-13(2)8-9-17(15)23(16,4)21(27)19-20(26)18(12-25)24(5)22(19)28/h6-7,11,13,15-18,25,27H,8-10,12H2,1-5H3/b7-6+,21-19-/t13-,15+,16-,17-,18+,23-/m1/s1. The predicted molar refractivity (Wildman–Crippen MR) is 108 cm³/mol. The molecule has 1 aliphatic heterocycles. The van der Waals surface area contributed by atoms with E-state index in [4.69, 9.17) is 0 Å². The number of carbonyl (C=O) groups is 2. The van der Waals surface area contributed by atoms with Crippen LogP contribution in [0.4, 0.5) is 0 Å². The van der Waals surface area contributed by atoms with E-state index >= 15 is 0 Å². The number of amides is 1. The Morgan fingerprint density at radius 2 is 2.04 bits per heavy atom. The Morgan fingerprint density at radius 1 is 1.36 bits per heavy atom. The molecule has 0 bridgehead atoms. The van der Waals surface area contributed by atoms with Crippen molar-refractivity contribution >= 4 is 11.7 Å². The molecule has 6 atom stereocenters. The van der Waals surface area contributed by atoms with Crippen LogP contribution in [0.3, 0.4) is 0 Å². The average Bonchev–Trinajstić information content (AvgIpc) is 2.86. The smallest absolute Gasteiger partial charge is 0.261 e. The monoisotopic (exact) mass is 387 g/mol. The van der Waals surface area contributed by atoms with E-state index in [9.17, 15) is 19.8 Å². The maximum Gasteiger partial charge on any atom is 0.261 e. The van der Waals surface area contributed by atoms with Crippen molar-refractivity contribution in [2.75, 3.05) is 13.7 Å². The molecule has 154 valence electrons. The quantitative estimate of drug-likeness (QED) is 0.337. The summed E-state index contributed by atoms with van der Waals surface area (Å²) in [5.41, 5.74) is 0.320. The minimum absolute atomic E-state index is 0.0706. The van der Waals surface area contributed by atoms with Crippen LogP contribution in [0, 0.1) is 29.1 Å². The molecule has 0 radical (unpaired) electrons. The van der Waals surface area contributed by atoms with Gasteiger partial charge in [0.05, 0.1) is 6.61 Å². The van der Waals surface area contributed by atoms with Crippen LogP contribution in [0.5, 0.6) is 0 Å². The van der Waals surface area contributed by atoms with Crippen molar-refractivity contribution < 1.29 is 19.8 Å². The number of likely N-dealkylation sites (tertiary alicyclic amines) is 1. The molecule has 2 aliphatic carbocycles. The number of nitrogens with zero attached hydrogens (tertiary/aromatic N) is 1. The van der Waals surface area contributed by atoms with Gasteiger partial charge < -0.3 is 15.1 Å². The summed E-state index contributed by atoms with van der Waals surface area (Å²) in [6.07, 6.45) is 9.49. The lowest BCUT2D eigenvalue weighted by molar-refractivity contribution is -0.126. The summed E-state index contributed by atoms with van der Waals surface area (Å²) in [6.45, 7) is 7.87. The Bertz CT molecular complexity index is 765. The number of hydrogen-bond acceptors (Lipinski definition) is 4. The summed E-state index contributed by atoms with van der Waals surface area (Å²) in [4.78, 5) is 26.9. The summed E-state index contributed by atoms with van der Waals surface area (Å²) < 4.78 is 0. The Balaban J connectivity index is 2.19. The first-order valence-corrected chi connectivity index (χ1v) is 10.3. The molecule has 0 unspecified atom stereocenters. The van der Waals surface area contributed by atoms with Crippen molar-refractivity contribution in [1.82, 2.24) is 4.90 Å². The second-order valence-electron chi connectivity index (χ2n) is 9.09. The van der Waals surface area contributed by atoms with Crippen LogP contribution in [-0.2, 0) is 9.59 Å². The van der Waals surface area contributed by atoms with Gasteiger partial charge in [-0.05, 0) is 44.4 Å². The van der Waals surface area contributed by atoms with Gasteiger partial charge in [0, 0.05) is 18.4 Å². The molecule has 0 aromatic heterocycles. The van der Waals surface area contributed by atoms with E-state index in [1.54, 1.807) is 0 Å². The van der Waals surface area contributed by atoms with Crippen molar-refractivity contribution in [3.63, 3.8) is 0 Å². The highest BCUT2D eigenvalue weighted by Crippen LogP contribution is 2.58. The van der Waals surface area contributed by atoms with Gasteiger partial charge in [-0.1, -0.05) is 44.1 Å². The SMILES string of the molecule is C/C=C/[C@@H]1C(C)=C[C@@H]2C[C@H](C)CC[C@H]2[C@]1(C)/C(O)=C1\C(=O)[C@H](CO)N(C)C1=O. The number of Topliss-reactive ketones (excluding diaryl/α,β-unsaturated/α-hetero) is 1.